The summed E-state index contributed by atoms with van der Waals surface area (Å²) >= 11 is 0. The number of carbonyl (C=O) groups excluding carboxylic acids is 1. The average molecular weight is 297 g/mol. The molecule has 0 saturated heterocycles. The van der Waals surface area contributed by atoms with Crippen molar-refractivity contribution in [2.45, 2.75) is 32.9 Å². The number of rotatable bonds is 10. The van der Waals surface area contributed by atoms with Gasteiger partial charge in [-0.15, -0.1) is 0 Å². The Balaban J connectivity index is 5.08. The summed E-state index contributed by atoms with van der Waals surface area (Å²) in [6.07, 6.45) is -0.247. The number of hydrogen-bond acceptors (Lipinski definition) is 7. The maximum Gasteiger partial charge on any atom is 0.345 e. The Kier molecular flexibility index (Phi) is 8.54. The summed E-state index contributed by atoms with van der Waals surface area (Å²) in [4.78, 5) is 21.6. The van der Waals surface area contributed by atoms with Crippen molar-refractivity contribution in [1.29, 1.82) is 0 Å². The Bertz CT molecular complexity index is 337. The number of carbonyl (C=O) groups is 1. The van der Waals surface area contributed by atoms with Crippen molar-refractivity contribution in [3.8, 4) is 0 Å². The predicted molar refractivity (Wildman–Crippen MR) is 67.8 cm³/mol. The number of ether oxygens (including phenoxy) is 1. The van der Waals surface area contributed by atoms with Crippen LogP contribution in [0.15, 0.2) is 0 Å². The highest BCUT2D eigenvalue weighted by Gasteiger charge is 2.42. The van der Waals surface area contributed by atoms with Crippen molar-refractivity contribution in [3.05, 3.63) is 10.1 Å². The van der Waals surface area contributed by atoms with Crippen molar-refractivity contribution < 1.29 is 28.1 Å². The smallest absolute Gasteiger partial charge is 0.345 e. The van der Waals surface area contributed by atoms with E-state index in [4.69, 9.17) is 13.8 Å². The zero-order valence-electron chi connectivity index (χ0n) is 11.4. The van der Waals surface area contributed by atoms with Crippen LogP contribution in [0, 0.1) is 10.1 Å². The molecule has 0 fully saturated rings. The van der Waals surface area contributed by atoms with Gasteiger partial charge in [0.05, 0.1) is 19.8 Å². The van der Waals surface area contributed by atoms with Gasteiger partial charge >= 0.3 is 13.6 Å². The molecule has 1 atom stereocenters. The summed E-state index contributed by atoms with van der Waals surface area (Å²) in [6.45, 7) is 4.52. The standard InChI is InChI=1S/C10H20NO7P/c1-4-16-10(12)9(7-8-11(13)14)19(15,17-5-2)18-6-3/h9H,4-8H2,1-3H3. The molecule has 0 aromatic rings. The first-order valence-electron chi connectivity index (χ1n) is 6.08. The minimum Gasteiger partial charge on any atom is -0.465 e. The highest BCUT2D eigenvalue weighted by Crippen LogP contribution is 2.54. The summed E-state index contributed by atoms with van der Waals surface area (Å²) < 4.78 is 27.3. The van der Waals surface area contributed by atoms with Crippen LogP contribution in [0.4, 0.5) is 0 Å². The van der Waals surface area contributed by atoms with E-state index in [1.165, 1.54) is 0 Å². The largest absolute Gasteiger partial charge is 0.465 e. The number of hydrogen-bond donors (Lipinski definition) is 0. The molecule has 0 saturated carbocycles. The molecule has 0 N–H and O–H groups in total. The summed E-state index contributed by atoms with van der Waals surface area (Å²) in [5.74, 6) is -0.797. The summed E-state index contributed by atoms with van der Waals surface area (Å²) in [5.41, 5.74) is -1.27. The van der Waals surface area contributed by atoms with Gasteiger partial charge in [0.15, 0.2) is 5.66 Å². The van der Waals surface area contributed by atoms with Crippen LogP contribution in [-0.4, -0.2) is 42.9 Å². The first-order chi connectivity index (χ1) is 8.91. The zero-order chi connectivity index (χ0) is 14.9. The quantitative estimate of drug-likeness (QED) is 0.262. The number of nitrogens with zero attached hydrogens (tertiary/aromatic N) is 1. The monoisotopic (exact) mass is 297 g/mol. The number of esters is 1. The maximum atomic E-state index is 12.5. The lowest BCUT2D eigenvalue weighted by Crippen LogP contribution is -2.28. The van der Waals surface area contributed by atoms with Gasteiger partial charge in [-0.3, -0.25) is 19.5 Å². The summed E-state index contributed by atoms with van der Waals surface area (Å²) in [7, 11) is -3.75. The van der Waals surface area contributed by atoms with Gasteiger partial charge < -0.3 is 13.8 Å². The molecule has 0 spiro atoms. The molecule has 0 aliphatic rings. The van der Waals surface area contributed by atoms with Crippen LogP contribution in [0.5, 0.6) is 0 Å². The van der Waals surface area contributed by atoms with E-state index in [0.29, 0.717) is 0 Å². The van der Waals surface area contributed by atoms with Crippen LogP contribution in [0.1, 0.15) is 27.2 Å². The van der Waals surface area contributed by atoms with Crippen LogP contribution < -0.4 is 0 Å². The van der Waals surface area contributed by atoms with E-state index in [2.05, 4.69) is 0 Å². The van der Waals surface area contributed by atoms with Gasteiger partial charge in [-0.05, 0) is 20.8 Å². The third kappa shape index (κ3) is 6.13. The minimum absolute atomic E-state index is 0.0750. The maximum absolute atomic E-state index is 12.5. The van der Waals surface area contributed by atoms with Crippen LogP contribution in [-0.2, 0) is 23.1 Å². The van der Waals surface area contributed by atoms with Gasteiger partial charge in [0, 0.05) is 11.3 Å². The molecular weight excluding hydrogens is 277 g/mol. The molecule has 112 valence electrons. The highest BCUT2D eigenvalue weighted by atomic mass is 31.2. The average Bonchev–Trinajstić information content (AvgIpc) is 2.29. The predicted octanol–water partition coefficient (Wildman–Crippen LogP) is 1.85. The molecule has 0 rings (SSSR count). The molecular formula is C10H20NO7P. The fraction of sp³-hybridized carbons (Fsp3) is 0.900. The van der Waals surface area contributed by atoms with Crippen LogP contribution in [0.25, 0.3) is 0 Å². The van der Waals surface area contributed by atoms with E-state index in [9.17, 15) is 19.5 Å². The Morgan fingerprint density at radius 1 is 1.21 bits per heavy atom. The normalized spacial score (nSPS) is 13.0. The highest BCUT2D eigenvalue weighted by molar-refractivity contribution is 7.55. The Morgan fingerprint density at radius 3 is 2.11 bits per heavy atom. The summed E-state index contributed by atoms with van der Waals surface area (Å²) in [5, 5.41) is 10.4. The first-order valence-corrected chi connectivity index (χ1v) is 7.69. The topological polar surface area (TPSA) is 105 Å². The van der Waals surface area contributed by atoms with E-state index >= 15 is 0 Å². The second-order valence-corrected chi connectivity index (χ2v) is 5.71. The Hall–Kier alpha value is -0.980. The van der Waals surface area contributed by atoms with E-state index in [0.717, 1.165) is 0 Å². The molecule has 0 radical (unpaired) electrons. The minimum atomic E-state index is -3.75. The van der Waals surface area contributed by atoms with Crippen LogP contribution in [0.3, 0.4) is 0 Å². The molecule has 0 aliphatic carbocycles. The lowest BCUT2D eigenvalue weighted by Gasteiger charge is -2.23. The van der Waals surface area contributed by atoms with Crippen molar-refractivity contribution in [2.75, 3.05) is 26.4 Å². The van der Waals surface area contributed by atoms with E-state index in [-0.39, 0.29) is 26.2 Å². The molecule has 0 bridgehead atoms. The molecule has 1 unspecified atom stereocenters. The lowest BCUT2D eigenvalue weighted by molar-refractivity contribution is -0.480. The second-order valence-electron chi connectivity index (χ2n) is 3.49. The summed E-state index contributed by atoms with van der Waals surface area (Å²) in [6, 6.07) is 0. The fourth-order valence-corrected chi connectivity index (χ4v) is 3.37. The van der Waals surface area contributed by atoms with Crippen LogP contribution in [0.2, 0.25) is 0 Å². The fourth-order valence-electron chi connectivity index (χ4n) is 1.45. The second kappa shape index (κ2) is 9.01. The van der Waals surface area contributed by atoms with Crippen molar-refractivity contribution >= 4 is 13.6 Å². The molecule has 0 aromatic heterocycles. The Labute approximate surface area is 112 Å². The molecule has 0 amide bonds. The van der Waals surface area contributed by atoms with Gasteiger partial charge in [0.1, 0.15) is 0 Å². The third-order valence-electron chi connectivity index (χ3n) is 2.14. The van der Waals surface area contributed by atoms with E-state index < -0.39 is 30.7 Å². The molecule has 8 nitrogen and oxygen atoms in total. The van der Waals surface area contributed by atoms with Crippen LogP contribution >= 0.6 is 7.60 Å². The molecule has 9 heteroatoms. The van der Waals surface area contributed by atoms with E-state index in [1.807, 2.05) is 0 Å². The lowest BCUT2D eigenvalue weighted by atomic mass is 10.3. The van der Waals surface area contributed by atoms with Gasteiger partial charge in [0.25, 0.3) is 0 Å². The van der Waals surface area contributed by atoms with Crippen molar-refractivity contribution in [2.24, 2.45) is 0 Å². The molecule has 0 heterocycles. The van der Waals surface area contributed by atoms with Crippen molar-refractivity contribution in [3.63, 3.8) is 0 Å². The van der Waals surface area contributed by atoms with Gasteiger partial charge in [-0.2, -0.15) is 0 Å². The number of nitro groups is 1. The molecule has 19 heavy (non-hydrogen) atoms. The zero-order valence-corrected chi connectivity index (χ0v) is 12.3. The molecule has 0 aliphatic heterocycles. The van der Waals surface area contributed by atoms with Gasteiger partial charge in [0.2, 0.25) is 6.54 Å². The molecule has 0 aromatic carbocycles. The van der Waals surface area contributed by atoms with E-state index in [1.54, 1.807) is 20.8 Å². The van der Waals surface area contributed by atoms with Gasteiger partial charge in [-0.25, -0.2) is 0 Å². The van der Waals surface area contributed by atoms with Gasteiger partial charge in [-0.1, -0.05) is 0 Å². The third-order valence-corrected chi connectivity index (χ3v) is 4.61. The SMILES string of the molecule is CCOC(=O)C(CC[N+](=O)[O-])P(=O)(OCC)OCC. The first kappa shape index (κ1) is 18.0. The van der Waals surface area contributed by atoms with Crippen molar-refractivity contribution in [1.82, 2.24) is 0 Å². The Morgan fingerprint density at radius 2 is 1.74 bits per heavy atom.